The fourth-order valence-corrected chi connectivity index (χ4v) is 3.36. The van der Waals surface area contributed by atoms with Gasteiger partial charge in [-0.15, -0.1) is 0 Å². The quantitative estimate of drug-likeness (QED) is 0.655. The summed E-state index contributed by atoms with van der Waals surface area (Å²) in [6.45, 7) is 3.40. The van der Waals surface area contributed by atoms with Crippen molar-refractivity contribution in [3.05, 3.63) is 48.2 Å². The first-order chi connectivity index (χ1) is 10.6. The van der Waals surface area contributed by atoms with E-state index in [1.165, 1.54) is 0 Å². The van der Waals surface area contributed by atoms with Crippen LogP contribution in [0.2, 0.25) is 0 Å². The highest BCUT2D eigenvalue weighted by Gasteiger charge is 2.52. The summed E-state index contributed by atoms with van der Waals surface area (Å²) in [5.41, 5.74) is 13.7. The van der Waals surface area contributed by atoms with Gasteiger partial charge in [0.05, 0.1) is 18.7 Å². The van der Waals surface area contributed by atoms with Gasteiger partial charge in [-0.2, -0.15) is 0 Å². The SMILES string of the molecule is Cc1cc(N2CCC[C@]2(C(N)=O)N2C=C[C+]=CC2)ccc1N. The predicted molar refractivity (Wildman–Crippen MR) is 87.8 cm³/mol. The molecule has 114 valence electrons. The van der Waals surface area contributed by atoms with E-state index in [9.17, 15) is 4.79 Å². The zero-order valence-electron chi connectivity index (χ0n) is 12.7. The van der Waals surface area contributed by atoms with Gasteiger partial charge in [-0.05, 0) is 37.1 Å². The van der Waals surface area contributed by atoms with Gasteiger partial charge < -0.3 is 16.4 Å². The van der Waals surface area contributed by atoms with Crippen LogP contribution in [0.5, 0.6) is 0 Å². The topological polar surface area (TPSA) is 75.6 Å². The van der Waals surface area contributed by atoms with Crippen molar-refractivity contribution in [2.24, 2.45) is 5.73 Å². The molecule has 3 rings (SSSR count). The Morgan fingerprint density at radius 3 is 2.86 bits per heavy atom. The largest absolute Gasteiger partial charge is 0.399 e. The number of aryl methyl sites for hydroxylation is 1. The van der Waals surface area contributed by atoms with Crippen LogP contribution in [0, 0.1) is 13.0 Å². The Morgan fingerprint density at radius 1 is 1.41 bits per heavy atom. The molecule has 0 bridgehead atoms. The van der Waals surface area contributed by atoms with Crippen LogP contribution in [0.4, 0.5) is 11.4 Å². The lowest BCUT2D eigenvalue weighted by Gasteiger charge is -2.42. The van der Waals surface area contributed by atoms with Gasteiger partial charge >= 0.3 is 0 Å². The molecular formula is C17H21N4O+. The van der Waals surface area contributed by atoms with E-state index in [-0.39, 0.29) is 5.91 Å². The molecule has 22 heavy (non-hydrogen) atoms. The second-order valence-electron chi connectivity index (χ2n) is 5.82. The van der Waals surface area contributed by atoms with Crippen LogP contribution >= 0.6 is 0 Å². The average molecular weight is 297 g/mol. The van der Waals surface area contributed by atoms with Crippen molar-refractivity contribution in [3.63, 3.8) is 0 Å². The fourth-order valence-electron chi connectivity index (χ4n) is 3.36. The third kappa shape index (κ3) is 2.11. The van der Waals surface area contributed by atoms with Crippen molar-refractivity contribution in [3.8, 4) is 0 Å². The van der Waals surface area contributed by atoms with Crippen LogP contribution < -0.4 is 16.4 Å². The normalized spacial score (nSPS) is 23.7. The minimum Gasteiger partial charge on any atom is -0.399 e. The van der Waals surface area contributed by atoms with Gasteiger partial charge in [0.1, 0.15) is 6.20 Å². The second kappa shape index (κ2) is 5.35. The lowest BCUT2D eigenvalue weighted by atomic mass is 10.0. The number of amides is 1. The van der Waals surface area contributed by atoms with Crippen LogP contribution in [0.1, 0.15) is 18.4 Å². The second-order valence-corrected chi connectivity index (χ2v) is 5.82. The minimum absolute atomic E-state index is 0.320. The number of nitrogens with two attached hydrogens (primary N) is 2. The van der Waals surface area contributed by atoms with Gasteiger partial charge in [-0.25, -0.2) is 0 Å². The van der Waals surface area contributed by atoms with Crippen molar-refractivity contribution in [2.45, 2.75) is 25.4 Å². The summed E-state index contributed by atoms with van der Waals surface area (Å²) in [5.74, 6) is -0.320. The molecular weight excluding hydrogens is 276 g/mol. The van der Waals surface area contributed by atoms with E-state index in [0.717, 1.165) is 29.9 Å². The standard InChI is InChI=1S/C17H20N4O/c1-13-12-14(6-7-15(13)18)21-11-5-8-17(21,16(19)22)20-9-3-2-4-10-20/h3-4,6-7,9,12H,5,8,10-11,18H2,1H3,(H-,19,22)/p+1/t17-/m0/s1. The van der Waals surface area contributed by atoms with E-state index in [4.69, 9.17) is 11.5 Å². The molecule has 0 aliphatic carbocycles. The van der Waals surface area contributed by atoms with E-state index in [1.54, 1.807) is 0 Å². The van der Waals surface area contributed by atoms with Crippen LogP contribution in [-0.4, -0.2) is 29.6 Å². The molecule has 1 saturated heterocycles. The van der Waals surface area contributed by atoms with Gasteiger partial charge in [0.2, 0.25) is 5.66 Å². The first-order valence-corrected chi connectivity index (χ1v) is 7.50. The summed E-state index contributed by atoms with van der Waals surface area (Å²) in [7, 11) is 0. The fraction of sp³-hybridized carbons (Fsp3) is 0.353. The highest BCUT2D eigenvalue weighted by Crippen LogP contribution is 2.38. The highest BCUT2D eigenvalue weighted by molar-refractivity contribution is 5.89. The molecule has 0 spiro atoms. The van der Waals surface area contributed by atoms with E-state index in [0.29, 0.717) is 13.0 Å². The molecule has 5 nitrogen and oxygen atoms in total. The summed E-state index contributed by atoms with van der Waals surface area (Å²) >= 11 is 0. The molecule has 4 N–H and O–H groups in total. The highest BCUT2D eigenvalue weighted by atomic mass is 16.2. The number of nitrogen functional groups attached to an aromatic ring is 1. The molecule has 0 unspecified atom stereocenters. The number of carbonyl (C=O) groups excluding carboxylic acids is 1. The van der Waals surface area contributed by atoms with Gasteiger partial charge in [0.15, 0.2) is 6.08 Å². The zero-order valence-corrected chi connectivity index (χ0v) is 12.7. The third-order valence-corrected chi connectivity index (χ3v) is 4.54. The third-order valence-electron chi connectivity index (χ3n) is 4.54. The summed E-state index contributed by atoms with van der Waals surface area (Å²) in [6.07, 6.45) is 10.3. The van der Waals surface area contributed by atoms with Crippen molar-refractivity contribution >= 4 is 17.3 Å². The summed E-state index contributed by atoms with van der Waals surface area (Å²) in [4.78, 5) is 16.5. The number of nitrogens with zero attached hydrogens (tertiary/aromatic N) is 2. The Hall–Kier alpha value is -2.52. The number of rotatable bonds is 3. The van der Waals surface area contributed by atoms with Crippen molar-refractivity contribution < 1.29 is 4.79 Å². The molecule has 2 aliphatic rings. The molecule has 2 aliphatic heterocycles. The Morgan fingerprint density at radius 2 is 2.23 bits per heavy atom. The number of primary amides is 1. The van der Waals surface area contributed by atoms with E-state index >= 15 is 0 Å². The maximum atomic E-state index is 12.4. The number of hydrogen-bond acceptors (Lipinski definition) is 4. The average Bonchev–Trinajstić information content (AvgIpc) is 2.97. The number of hydrogen-bond donors (Lipinski definition) is 2. The molecule has 1 amide bonds. The number of anilines is 2. The molecule has 5 heteroatoms. The first-order valence-electron chi connectivity index (χ1n) is 7.50. The maximum absolute atomic E-state index is 12.4. The zero-order chi connectivity index (χ0) is 15.7. The molecule has 1 fully saturated rings. The maximum Gasteiger partial charge on any atom is 0.266 e. The van der Waals surface area contributed by atoms with Gasteiger partial charge in [-0.1, -0.05) is 0 Å². The van der Waals surface area contributed by atoms with E-state index in [1.807, 2.05) is 48.4 Å². The number of allylic oxidation sites excluding steroid dienone is 2. The Labute approximate surface area is 130 Å². The van der Waals surface area contributed by atoms with E-state index in [2.05, 4.69) is 11.0 Å². The van der Waals surface area contributed by atoms with Gasteiger partial charge in [-0.3, -0.25) is 9.69 Å². The van der Waals surface area contributed by atoms with Crippen LogP contribution in [0.3, 0.4) is 0 Å². The van der Waals surface area contributed by atoms with Crippen molar-refractivity contribution in [1.82, 2.24) is 4.90 Å². The monoisotopic (exact) mass is 297 g/mol. The predicted octanol–water partition coefficient (Wildman–Crippen LogP) is 1.55. The summed E-state index contributed by atoms with van der Waals surface area (Å²) < 4.78 is 0. The van der Waals surface area contributed by atoms with Gasteiger partial charge in [0.25, 0.3) is 5.91 Å². The number of carbonyl (C=O) groups is 1. The lowest BCUT2D eigenvalue weighted by molar-refractivity contribution is -0.127. The first kappa shape index (κ1) is 14.4. The smallest absolute Gasteiger partial charge is 0.266 e. The van der Waals surface area contributed by atoms with Crippen molar-refractivity contribution in [2.75, 3.05) is 23.7 Å². The van der Waals surface area contributed by atoms with Gasteiger partial charge in [0, 0.05) is 24.3 Å². The molecule has 1 atom stereocenters. The van der Waals surface area contributed by atoms with Crippen LogP contribution in [0.25, 0.3) is 0 Å². The molecule has 2 heterocycles. The Kier molecular flexibility index (Phi) is 3.51. The van der Waals surface area contributed by atoms with E-state index < -0.39 is 5.66 Å². The molecule has 0 saturated carbocycles. The Balaban J connectivity index is 2.04. The summed E-state index contributed by atoms with van der Waals surface area (Å²) in [6, 6.07) is 5.86. The number of benzene rings is 1. The van der Waals surface area contributed by atoms with Crippen LogP contribution in [0.15, 0.2) is 36.6 Å². The summed E-state index contributed by atoms with van der Waals surface area (Å²) in [5, 5.41) is 0. The lowest BCUT2D eigenvalue weighted by Crippen LogP contribution is -2.63. The molecule has 1 aromatic rings. The molecule has 0 aromatic heterocycles. The molecule has 0 radical (unpaired) electrons. The minimum atomic E-state index is -0.822. The Bertz CT molecular complexity index is 652. The van der Waals surface area contributed by atoms with Crippen molar-refractivity contribution in [1.29, 1.82) is 0 Å². The molecule has 1 aromatic carbocycles. The van der Waals surface area contributed by atoms with Crippen LogP contribution in [-0.2, 0) is 4.79 Å².